The molecule has 3 unspecified atom stereocenters. The molecule has 4 atom stereocenters. The first-order chi connectivity index (χ1) is 19.1. The zero-order chi connectivity index (χ0) is 29.0. The quantitative estimate of drug-likeness (QED) is 0.330. The smallest absolute Gasteiger partial charge is 0.258 e. The Kier molecular flexibility index (Phi) is 9.90. The maximum absolute atomic E-state index is 14.9. The number of hydrogen-bond acceptors (Lipinski definition) is 5. The molecule has 0 aliphatic carbocycles. The van der Waals surface area contributed by atoms with Gasteiger partial charge in [0.2, 0.25) is 5.91 Å². The summed E-state index contributed by atoms with van der Waals surface area (Å²) in [6, 6.07) is 9.59. The van der Waals surface area contributed by atoms with Crippen molar-refractivity contribution in [1.29, 1.82) is 0 Å². The van der Waals surface area contributed by atoms with Crippen molar-refractivity contribution < 1.29 is 27.9 Å². The molecule has 40 heavy (non-hydrogen) atoms. The highest BCUT2D eigenvalue weighted by atomic mass is 19.3. The average Bonchev–Trinajstić information content (AvgIpc) is 3.42. The van der Waals surface area contributed by atoms with Gasteiger partial charge < -0.3 is 19.8 Å². The van der Waals surface area contributed by atoms with E-state index in [0.29, 0.717) is 42.7 Å². The Bertz CT molecular complexity index is 1190. The molecule has 2 aromatic carbocycles. The fourth-order valence-corrected chi connectivity index (χ4v) is 6.40. The van der Waals surface area contributed by atoms with Gasteiger partial charge in [-0.3, -0.25) is 9.59 Å². The number of phenols is 1. The zero-order valence-electron chi connectivity index (χ0n) is 23.5. The number of carbonyl (C=O) groups is 2. The highest BCUT2D eigenvalue weighted by molar-refractivity contribution is 5.99. The molecule has 2 fully saturated rings. The van der Waals surface area contributed by atoms with Gasteiger partial charge in [-0.1, -0.05) is 24.3 Å². The Morgan fingerprint density at radius 1 is 1.07 bits per heavy atom. The van der Waals surface area contributed by atoms with Crippen LogP contribution in [0.5, 0.6) is 5.75 Å². The van der Waals surface area contributed by atoms with E-state index in [9.17, 15) is 27.9 Å². The Morgan fingerprint density at radius 3 is 2.50 bits per heavy atom. The minimum Gasteiger partial charge on any atom is -0.508 e. The molecule has 4 rings (SSSR count). The van der Waals surface area contributed by atoms with Crippen LogP contribution in [0, 0.1) is 24.6 Å². The third kappa shape index (κ3) is 6.69. The van der Waals surface area contributed by atoms with Gasteiger partial charge in [0.1, 0.15) is 11.6 Å². The van der Waals surface area contributed by atoms with Crippen LogP contribution in [-0.2, 0) is 4.79 Å². The lowest BCUT2D eigenvalue weighted by molar-refractivity contribution is -0.142. The first kappa shape index (κ1) is 30.1. The second-order valence-corrected chi connectivity index (χ2v) is 11.5. The summed E-state index contributed by atoms with van der Waals surface area (Å²) in [5, 5.41) is 10.1. The van der Waals surface area contributed by atoms with Crippen LogP contribution < -0.4 is 0 Å². The highest BCUT2D eigenvalue weighted by Crippen LogP contribution is 2.43. The fraction of sp³-hybridized carbons (Fsp3) is 0.548. The molecule has 0 saturated carbocycles. The molecule has 2 saturated heterocycles. The number of rotatable bonds is 10. The minimum atomic E-state index is -2.66. The van der Waals surface area contributed by atoms with Crippen LogP contribution in [0.2, 0.25) is 0 Å². The molecule has 9 heteroatoms. The highest BCUT2D eigenvalue weighted by Gasteiger charge is 2.48. The second kappa shape index (κ2) is 13.2. The summed E-state index contributed by atoms with van der Waals surface area (Å²) in [4.78, 5) is 33.7. The van der Waals surface area contributed by atoms with Gasteiger partial charge in [-0.25, -0.2) is 13.2 Å². The lowest BCUT2D eigenvalue weighted by atomic mass is 9.69. The predicted molar refractivity (Wildman–Crippen MR) is 148 cm³/mol. The van der Waals surface area contributed by atoms with Gasteiger partial charge >= 0.3 is 0 Å². The molecule has 2 aliphatic heterocycles. The lowest BCUT2D eigenvalue weighted by Crippen LogP contribution is -2.55. The van der Waals surface area contributed by atoms with E-state index in [-0.39, 0.29) is 24.5 Å². The van der Waals surface area contributed by atoms with Crippen LogP contribution in [0.25, 0.3) is 0 Å². The summed E-state index contributed by atoms with van der Waals surface area (Å²) in [6.07, 6.45) is -0.147. The van der Waals surface area contributed by atoms with Gasteiger partial charge in [0.15, 0.2) is 5.78 Å². The Balaban J connectivity index is 1.76. The molecule has 0 bridgehead atoms. The summed E-state index contributed by atoms with van der Waals surface area (Å²) in [6.45, 7) is 4.07. The third-order valence-corrected chi connectivity index (χ3v) is 8.43. The Labute approximate surface area is 234 Å². The number of amides is 1. The number of aromatic hydroxyl groups is 1. The Morgan fingerprint density at radius 2 is 1.80 bits per heavy atom. The number of nitrogens with zero attached hydrogens (tertiary/aromatic N) is 3. The van der Waals surface area contributed by atoms with Crippen molar-refractivity contribution in [1.82, 2.24) is 14.7 Å². The van der Waals surface area contributed by atoms with Crippen LogP contribution in [0.1, 0.15) is 53.1 Å². The molecule has 0 spiro atoms. The monoisotopic (exact) mass is 559 g/mol. The number of carbonyl (C=O) groups excluding carboxylic acids is 2. The number of piperidine rings is 1. The topological polar surface area (TPSA) is 64.1 Å². The van der Waals surface area contributed by atoms with Gasteiger partial charge in [0.05, 0.1) is 12.0 Å². The first-order valence-electron chi connectivity index (χ1n) is 14.1. The number of phenolic OH excluding ortho intramolecular Hbond substituents is 1. The summed E-state index contributed by atoms with van der Waals surface area (Å²) >= 11 is 0. The van der Waals surface area contributed by atoms with E-state index >= 15 is 0 Å². The molecule has 2 aromatic rings. The summed E-state index contributed by atoms with van der Waals surface area (Å²) in [5.41, 5.74) is 1.21. The van der Waals surface area contributed by atoms with Crippen molar-refractivity contribution in [2.75, 3.05) is 46.8 Å². The predicted octanol–water partition coefficient (Wildman–Crippen LogP) is 4.95. The lowest BCUT2D eigenvalue weighted by Gasteiger charge is -2.45. The number of ketones is 1. The standard InChI is InChI=1S/C31H40F3N3O3/c1-20-23(11-7-12-26(20)32)28-24(29(39)21-9-6-10-22(38)17-21)18-36(15-5-4-14-35(2)3)19-25(28)31(40)37-16-8-13-27(37)30(33)34/h6-7,9-12,17,24-25,27-28,30,38H,4-5,8,13-16,18-19H2,1-3H3/t24?,25?,27-,28?/m0/s1. The molecular weight excluding hydrogens is 519 g/mol. The van der Waals surface area contributed by atoms with Crippen LogP contribution in [0.15, 0.2) is 42.5 Å². The minimum absolute atomic E-state index is 0.0508. The SMILES string of the molecule is Cc1c(F)cccc1C1C(C(=O)c2cccc(O)c2)CN(CCCCN(C)C)CC1C(=O)N1CCC[C@H]1C(F)F. The van der Waals surface area contributed by atoms with Crippen LogP contribution in [0.4, 0.5) is 13.2 Å². The Hall–Kier alpha value is -2.91. The molecule has 1 amide bonds. The van der Waals surface area contributed by atoms with Gasteiger partial charge in [0.25, 0.3) is 6.43 Å². The number of hydrogen-bond donors (Lipinski definition) is 1. The molecular formula is C31H40F3N3O3. The zero-order valence-corrected chi connectivity index (χ0v) is 23.5. The summed E-state index contributed by atoms with van der Waals surface area (Å²) in [7, 11) is 4.00. The number of unbranched alkanes of at least 4 members (excludes halogenated alkanes) is 1. The van der Waals surface area contributed by atoms with Crippen molar-refractivity contribution in [2.24, 2.45) is 11.8 Å². The van der Waals surface area contributed by atoms with Crippen molar-refractivity contribution in [3.8, 4) is 5.75 Å². The van der Waals surface area contributed by atoms with Crippen LogP contribution >= 0.6 is 0 Å². The largest absolute Gasteiger partial charge is 0.508 e. The van der Waals surface area contributed by atoms with E-state index in [1.165, 1.54) is 23.1 Å². The molecule has 1 N–H and O–H groups in total. The van der Waals surface area contributed by atoms with E-state index in [1.54, 1.807) is 31.2 Å². The number of Topliss-reactive ketones (excluding diaryl/α,β-unsaturated/α-hetero) is 1. The number of halogens is 3. The molecule has 0 aromatic heterocycles. The van der Waals surface area contributed by atoms with Crippen LogP contribution in [0.3, 0.4) is 0 Å². The first-order valence-corrected chi connectivity index (χ1v) is 14.1. The third-order valence-electron chi connectivity index (χ3n) is 8.43. The van der Waals surface area contributed by atoms with E-state index in [0.717, 1.165) is 19.4 Å². The van der Waals surface area contributed by atoms with E-state index in [2.05, 4.69) is 9.80 Å². The summed E-state index contributed by atoms with van der Waals surface area (Å²) in [5.74, 6) is -3.37. The van der Waals surface area contributed by atoms with Gasteiger partial charge in [0, 0.05) is 37.0 Å². The average molecular weight is 560 g/mol. The van der Waals surface area contributed by atoms with Gasteiger partial charge in [-0.15, -0.1) is 0 Å². The van der Waals surface area contributed by atoms with Crippen molar-refractivity contribution in [3.63, 3.8) is 0 Å². The molecule has 2 aliphatic rings. The van der Waals surface area contributed by atoms with Gasteiger partial charge in [-0.05, 0) is 89.1 Å². The molecule has 218 valence electrons. The van der Waals surface area contributed by atoms with E-state index in [4.69, 9.17) is 0 Å². The van der Waals surface area contributed by atoms with Crippen molar-refractivity contribution >= 4 is 11.7 Å². The van der Waals surface area contributed by atoms with E-state index in [1.807, 2.05) is 14.1 Å². The maximum Gasteiger partial charge on any atom is 0.258 e. The number of likely N-dealkylation sites (tertiary alicyclic amines) is 2. The number of alkyl halides is 2. The molecule has 2 heterocycles. The fourth-order valence-electron chi connectivity index (χ4n) is 6.40. The molecule has 6 nitrogen and oxygen atoms in total. The van der Waals surface area contributed by atoms with Gasteiger partial charge in [-0.2, -0.15) is 0 Å². The van der Waals surface area contributed by atoms with Crippen molar-refractivity contribution in [2.45, 2.75) is 51.0 Å². The van der Waals surface area contributed by atoms with E-state index < -0.39 is 41.9 Å². The maximum atomic E-state index is 14.9. The second-order valence-electron chi connectivity index (χ2n) is 11.5. The normalized spacial score (nSPS) is 23.8. The number of benzene rings is 2. The summed E-state index contributed by atoms with van der Waals surface area (Å²) < 4.78 is 42.7. The molecule has 0 radical (unpaired) electrons. The van der Waals surface area contributed by atoms with Crippen molar-refractivity contribution in [3.05, 3.63) is 65.0 Å². The van der Waals surface area contributed by atoms with Crippen LogP contribution in [-0.4, -0.2) is 90.8 Å².